The number of methoxy groups -OCH3 is 1. The molecule has 0 radical (unpaired) electrons. The second kappa shape index (κ2) is 5.51. The highest BCUT2D eigenvalue weighted by Crippen LogP contribution is 2.33. The molecule has 2 aromatic rings. The van der Waals surface area contributed by atoms with Gasteiger partial charge < -0.3 is 14.6 Å². The lowest BCUT2D eigenvalue weighted by Gasteiger charge is -2.10. The quantitative estimate of drug-likeness (QED) is 0.928. The molecule has 1 atom stereocenters. The lowest BCUT2D eigenvalue weighted by molar-refractivity contribution is 0.180. The number of benzene rings is 1. The maximum absolute atomic E-state index is 9.78. The monoisotopic (exact) mass is 271 g/mol. The summed E-state index contributed by atoms with van der Waals surface area (Å²) in [6, 6.07) is 9.65. The van der Waals surface area contributed by atoms with Crippen molar-refractivity contribution in [1.29, 1.82) is 0 Å². The van der Waals surface area contributed by atoms with Gasteiger partial charge in [0.25, 0.3) is 0 Å². The van der Waals surface area contributed by atoms with E-state index in [2.05, 4.69) is 4.98 Å². The van der Waals surface area contributed by atoms with Gasteiger partial charge in [0.1, 0.15) is 12.4 Å². The van der Waals surface area contributed by atoms with Gasteiger partial charge in [-0.3, -0.25) is 0 Å². The molecular weight excluding hydrogens is 254 g/mol. The highest BCUT2D eigenvalue weighted by atomic mass is 16.5. The summed E-state index contributed by atoms with van der Waals surface area (Å²) in [5.41, 5.74) is 3.11. The minimum absolute atomic E-state index is 0.322. The fourth-order valence-electron chi connectivity index (χ4n) is 2.54. The van der Waals surface area contributed by atoms with E-state index >= 15 is 0 Å². The highest BCUT2D eigenvalue weighted by Gasteiger charge is 2.20. The third kappa shape index (κ3) is 2.47. The Hall–Kier alpha value is -2.07. The summed E-state index contributed by atoms with van der Waals surface area (Å²) >= 11 is 0. The van der Waals surface area contributed by atoms with E-state index in [1.165, 1.54) is 5.56 Å². The van der Waals surface area contributed by atoms with Gasteiger partial charge in [0, 0.05) is 6.20 Å². The van der Waals surface area contributed by atoms with E-state index in [9.17, 15) is 5.11 Å². The number of nitrogens with zero attached hydrogens (tertiary/aromatic N) is 1. The summed E-state index contributed by atoms with van der Waals surface area (Å²) in [5.74, 6) is 1.40. The highest BCUT2D eigenvalue weighted by molar-refractivity contribution is 5.40. The van der Waals surface area contributed by atoms with Crippen molar-refractivity contribution in [2.24, 2.45) is 0 Å². The van der Waals surface area contributed by atoms with Gasteiger partial charge in [-0.2, -0.15) is 0 Å². The van der Waals surface area contributed by atoms with Crippen molar-refractivity contribution in [3.05, 3.63) is 53.2 Å². The van der Waals surface area contributed by atoms with E-state index < -0.39 is 0 Å². The summed E-state index contributed by atoms with van der Waals surface area (Å²) in [5, 5.41) is 9.78. The van der Waals surface area contributed by atoms with Gasteiger partial charge in [-0.25, -0.2) is 4.98 Å². The summed E-state index contributed by atoms with van der Waals surface area (Å²) in [4.78, 5) is 4.14. The summed E-state index contributed by atoms with van der Waals surface area (Å²) in [6.45, 7) is 0.415. The van der Waals surface area contributed by atoms with E-state index in [1.807, 2.05) is 30.3 Å². The fraction of sp³-hybridized carbons (Fsp3) is 0.312. The number of rotatable bonds is 4. The van der Waals surface area contributed by atoms with Crippen LogP contribution in [0.15, 0.2) is 36.5 Å². The van der Waals surface area contributed by atoms with E-state index in [0.29, 0.717) is 12.5 Å². The molecule has 0 unspecified atom stereocenters. The number of hydrogen-bond donors (Lipinski definition) is 1. The van der Waals surface area contributed by atoms with Crippen LogP contribution >= 0.6 is 0 Å². The van der Waals surface area contributed by atoms with Gasteiger partial charge in [-0.05, 0) is 48.2 Å². The number of hydrogen-bond acceptors (Lipinski definition) is 4. The Bertz CT molecular complexity index is 612. The summed E-state index contributed by atoms with van der Waals surface area (Å²) < 4.78 is 11.0. The van der Waals surface area contributed by atoms with E-state index in [4.69, 9.17) is 9.47 Å². The normalized spacial score (nSPS) is 16.8. The van der Waals surface area contributed by atoms with E-state index in [-0.39, 0.29) is 6.10 Å². The van der Waals surface area contributed by atoms with Crippen molar-refractivity contribution >= 4 is 0 Å². The summed E-state index contributed by atoms with van der Waals surface area (Å²) in [7, 11) is 1.60. The summed E-state index contributed by atoms with van der Waals surface area (Å²) in [6.07, 6.45) is 3.08. The van der Waals surface area contributed by atoms with Crippen LogP contribution in [0, 0.1) is 0 Å². The van der Waals surface area contributed by atoms with Crippen LogP contribution in [0.1, 0.15) is 29.2 Å². The number of aryl methyl sites for hydroxylation is 1. The van der Waals surface area contributed by atoms with Crippen molar-refractivity contribution < 1.29 is 14.6 Å². The molecule has 0 saturated heterocycles. The van der Waals surface area contributed by atoms with Crippen LogP contribution in [0.2, 0.25) is 0 Å². The zero-order valence-electron chi connectivity index (χ0n) is 11.4. The Morgan fingerprint density at radius 1 is 1.35 bits per heavy atom. The average molecular weight is 271 g/mol. The Morgan fingerprint density at radius 3 is 3.10 bits per heavy atom. The van der Waals surface area contributed by atoms with Crippen LogP contribution < -0.4 is 9.47 Å². The molecular formula is C16H17NO3. The lowest BCUT2D eigenvalue weighted by atomic mass is 10.1. The van der Waals surface area contributed by atoms with Crippen molar-refractivity contribution in [2.75, 3.05) is 7.11 Å². The van der Waals surface area contributed by atoms with Crippen molar-refractivity contribution in [2.45, 2.75) is 25.6 Å². The Labute approximate surface area is 118 Å². The van der Waals surface area contributed by atoms with Crippen LogP contribution in [0.5, 0.6) is 11.6 Å². The predicted octanol–water partition coefficient (Wildman–Crippen LogP) is 2.65. The smallest absolute Gasteiger partial charge is 0.219 e. The first kappa shape index (κ1) is 12.9. The Kier molecular flexibility index (Phi) is 3.56. The molecule has 1 aliphatic rings. The van der Waals surface area contributed by atoms with Crippen LogP contribution in [-0.2, 0) is 13.0 Å². The molecule has 0 amide bonds. The van der Waals surface area contributed by atoms with Gasteiger partial charge in [0.05, 0.1) is 18.8 Å². The third-order valence-electron chi connectivity index (χ3n) is 3.60. The number of aromatic nitrogens is 1. The molecule has 0 fully saturated rings. The van der Waals surface area contributed by atoms with Crippen molar-refractivity contribution in [1.82, 2.24) is 4.98 Å². The van der Waals surface area contributed by atoms with E-state index in [0.717, 1.165) is 29.7 Å². The first-order valence-electron chi connectivity index (χ1n) is 6.69. The second-order valence-corrected chi connectivity index (χ2v) is 4.88. The molecule has 1 aromatic carbocycles. The van der Waals surface area contributed by atoms with Gasteiger partial charge in [-0.1, -0.05) is 6.07 Å². The molecule has 104 valence electrons. The molecule has 0 aliphatic heterocycles. The first-order chi connectivity index (χ1) is 9.78. The molecule has 1 heterocycles. The van der Waals surface area contributed by atoms with Crippen LogP contribution in [0.25, 0.3) is 0 Å². The zero-order chi connectivity index (χ0) is 13.9. The maximum atomic E-state index is 9.78. The molecule has 4 heteroatoms. The topological polar surface area (TPSA) is 51.6 Å². The molecule has 1 aliphatic carbocycles. The number of aliphatic hydroxyl groups is 1. The van der Waals surface area contributed by atoms with Gasteiger partial charge in [0.2, 0.25) is 5.88 Å². The Balaban J connectivity index is 1.73. The van der Waals surface area contributed by atoms with Crippen LogP contribution in [-0.4, -0.2) is 17.2 Å². The maximum Gasteiger partial charge on any atom is 0.219 e. The van der Waals surface area contributed by atoms with Gasteiger partial charge in [-0.15, -0.1) is 0 Å². The molecule has 4 nitrogen and oxygen atoms in total. The van der Waals surface area contributed by atoms with Crippen LogP contribution in [0.4, 0.5) is 0 Å². The van der Waals surface area contributed by atoms with Crippen molar-refractivity contribution in [3.63, 3.8) is 0 Å². The predicted molar refractivity (Wildman–Crippen MR) is 74.8 cm³/mol. The fourth-order valence-corrected chi connectivity index (χ4v) is 2.54. The van der Waals surface area contributed by atoms with Gasteiger partial charge >= 0.3 is 0 Å². The SMILES string of the molecule is COc1ncccc1COc1ccc2c(c1)CC[C@H]2O. The van der Waals surface area contributed by atoms with Crippen LogP contribution in [0.3, 0.4) is 0 Å². The number of fused-ring (bicyclic) bond motifs is 1. The Morgan fingerprint density at radius 2 is 2.25 bits per heavy atom. The molecule has 20 heavy (non-hydrogen) atoms. The average Bonchev–Trinajstić information content (AvgIpc) is 2.86. The lowest BCUT2D eigenvalue weighted by Crippen LogP contribution is -2.00. The zero-order valence-corrected chi connectivity index (χ0v) is 11.4. The molecule has 0 saturated carbocycles. The second-order valence-electron chi connectivity index (χ2n) is 4.88. The number of ether oxygens (including phenoxy) is 2. The van der Waals surface area contributed by atoms with E-state index in [1.54, 1.807) is 13.3 Å². The number of pyridine rings is 1. The minimum Gasteiger partial charge on any atom is -0.489 e. The molecule has 1 N–H and O–H groups in total. The standard InChI is InChI=1S/C16H17NO3/c1-19-16-12(3-2-8-17-16)10-20-13-5-6-14-11(9-13)4-7-15(14)18/h2-3,5-6,8-9,15,18H,4,7,10H2,1H3/t15-/m1/s1. The first-order valence-corrected chi connectivity index (χ1v) is 6.69. The minimum atomic E-state index is -0.322. The third-order valence-corrected chi connectivity index (χ3v) is 3.60. The number of aliphatic hydroxyl groups excluding tert-OH is 1. The molecule has 0 bridgehead atoms. The molecule has 3 rings (SSSR count). The van der Waals surface area contributed by atoms with Gasteiger partial charge in [0.15, 0.2) is 0 Å². The molecule has 0 spiro atoms. The van der Waals surface area contributed by atoms with Crippen molar-refractivity contribution in [3.8, 4) is 11.6 Å². The largest absolute Gasteiger partial charge is 0.489 e. The molecule has 1 aromatic heterocycles.